The number of anilines is 1. The highest BCUT2D eigenvalue weighted by atomic mass is 16.5. The van der Waals surface area contributed by atoms with Crippen LogP contribution in [0.1, 0.15) is 69.3 Å². The smallest absolute Gasteiger partial charge is 0.343 e. The number of aromatic nitrogens is 4. The topological polar surface area (TPSA) is 81.7 Å². The van der Waals surface area contributed by atoms with Crippen LogP contribution < -0.4 is 4.90 Å². The molecule has 3 heterocycles. The highest BCUT2D eigenvalue weighted by Gasteiger charge is 2.34. The molecule has 0 radical (unpaired) electrons. The Hall–Kier alpha value is -3.94. The Kier molecular flexibility index (Phi) is 7.55. The van der Waals surface area contributed by atoms with Gasteiger partial charge in [0.25, 0.3) is 0 Å². The van der Waals surface area contributed by atoms with E-state index in [9.17, 15) is 9.59 Å². The minimum Gasteiger partial charge on any atom is -0.462 e. The van der Waals surface area contributed by atoms with E-state index in [2.05, 4.69) is 20.0 Å². The van der Waals surface area contributed by atoms with E-state index >= 15 is 0 Å². The Morgan fingerprint density at radius 3 is 2.41 bits per heavy atom. The lowest BCUT2D eigenvalue weighted by Gasteiger charge is -2.32. The minimum absolute atomic E-state index is 0.0325. The predicted octanol–water partition coefficient (Wildman–Crippen LogP) is 6.24. The summed E-state index contributed by atoms with van der Waals surface area (Å²) in [5, 5.41) is 4.78. The number of aryl methyl sites for hydroxylation is 1. The summed E-state index contributed by atoms with van der Waals surface area (Å²) in [7, 11) is 0. The van der Waals surface area contributed by atoms with Crippen LogP contribution in [-0.4, -0.2) is 43.7 Å². The largest absolute Gasteiger partial charge is 0.462 e. The van der Waals surface area contributed by atoms with E-state index in [1.54, 1.807) is 22.7 Å². The third-order valence-corrected chi connectivity index (χ3v) is 7.56. The average molecular weight is 528 g/mol. The van der Waals surface area contributed by atoms with Gasteiger partial charge in [-0.1, -0.05) is 25.1 Å². The van der Waals surface area contributed by atoms with Gasteiger partial charge in [0.05, 0.1) is 18.0 Å². The minimum atomic E-state index is -0.480. The molecule has 39 heavy (non-hydrogen) atoms. The van der Waals surface area contributed by atoms with Crippen LogP contribution in [0, 0.1) is 18.8 Å². The maximum absolute atomic E-state index is 13.7. The molecule has 8 heteroatoms. The zero-order valence-electron chi connectivity index (χ0n) is 23.4. The van der Waals surface area contributed by atoms with Crippen molar-refractivity contribution in [2.45, 2.75) is 66.3 Å². The molecule has 0 saturated heterocycles. The highest BCUT2D eigenvalue weighted by Crippen LogP contribution is 2.33. The summed E-state index contributed by atoms with van der Waals surface area (Å²) in [4.78, 5) is 33.2. The van der Waals surface area contributed by atoms with Crippen molar-refractivity contribution in [3.05, 3.63) is 66.1 Å². The van der Waals surface area contributed by atoms with Crippen LogP contribution in [0.3, 0.4) is 0 Å². The van der Waals surface area contributed by atoms with E-state index in [-0.39, 0.29) is 24.5 Å². The van der Waals surface area contributed by atoms with Crippen LogP contribution in [0.5, 0.6) is 0 Å². The number of esters is 1. The fourth-order valence-corrected chi connectivity index (χ4v) is 5.36. The van der Waals surface area contributed by atoms with Crippen molar-refractivity contribution in [3.63, 3.8) is 0 Å². The second-order valence-electron chi connectivity index (χ2n) is 10.9. The number of amides is 1. The van der Waals surface area contributed by atoms with Gasteiger partial charge in [-0.3, -0.25) is 9.69 Å². The van der Waals surface area contributed by atoms with Crippen molar-refractivity contribution in [2.75, 3.05) is 11.5 Å². The van der Waals surface area contributed by atoms with Gasteiger partial charge >= 0.3 is 5.97 Å². The van der Waals surface area contributed by atoms with E-state index in [1.807, 2.05) is 60.8 Å². The summed E-state index contributed by atoms with van der Waals surface area (Å²) in [6.07, 6.45) is 9.55. The number of fused-ring (bicyclic) bond motifs is 1. The van der Waals surface area contributed by atoms with E-state index in [0.29, 0.717) is 17.3 Å². The summed E-state index contributed by atoms with van der Waals surface area (Å²) >= 11 is 0. The van der Waals surface area contributed by atoms with Crippen molar-refractivity contribution in [2.24, 2.45) is 11.8 Å². The first kappa shape index (κ1) is 26.7. The van der Waals surface area contributed by atoms with Crippen molar-refractivity contribution in [3.8, 4) is 16.9 Å². The first-order valence-corrected chi connectivity index (χ1v) is 13.9. The van der Waals surface area contributed by atoms with Crippen LogP contribution in [-0.2, 0) is 9.53 Å². The third-order valence-electron chi connectivity index (χ3n) is 7.56. The number of pyridine rings is 1. The normalized spacial score (nSPS) is 17.5. The lowest BCUT2D eigenvalue weighted by molar-refractivity contribution is -0.124. The van der Waals surface area contributed by atoms with Crippen molar-refractivity contribution in [1.29, 1.82) is 0 Å². The van der Waals surface area contributed by atoms with Crippen LogP contribution >= 0.6 is 0 Å². The summed E-state index contributed by atoms with van der Waals surface area (Å²) in [6.45, 7) is 10.2. The molecule has 0 aliphatic heterocycles. The monoisotopic (exact) mass is 527 g/mol. The highest BCUT2D eigenvalue weighted by molar-refractivity contribution is 6.02. The number of imidazole rings is 1. The van der Waals surface area contributed by atoms with Gasteiger partial charge in [-0.15, -0.1) is 5.10 Å². The second-order valence-corrected chi connectivity index (χ2v) is 10.9. The molecule has 0 unspecified atom stereocenters. The van der Waals surface area contributed by atoms with Gasteiger partial charge < -0.3 is 9.14 Å². The number of carbonyl (C=O) groups excluding carboxylic acids is 2. The number of rotatable bonds is 7. The van der Waals surface area contributed by atoms with Gasteiger partial charge in [-0.25, -0.2) is 14.5 Å². The lowest BCUT2D eigenvalue weighted by atomic mass is 9.82. The SMILES string of the molecule is CCOC(=O)c1cn(-c2ccc(-c3cn4cc(C)ccc4n3)cc2)nc1N(C(=O)C1CCC(C)CC1)C(C)C. The Morgan fingerprint density at radius 2 is 1.74 bits per heavy atom. The zero-order chi connectivity index (χ0) is 27.7. The average Bonchev–Trinajstić information content (AvgIpc) is 3.54. The molecule has 204 valence electrons. The number of hydrogen-bond donors (Lipinski definition) is 0. The molecule has 1 fully saturated rings. The van der Waals surface area contributed by atoms with Gasteiger partial charge in [-0.2, -0.15) is 0 Å². The molecule has 3 aromatic heterocycles. The number of hydrogen-bond acceptors (Lipinski definition) is 5. The Bertz CT molecular complexity index is 1480. The molecule has 1 saturated carbocycles. The molecule has 4 aromatic rings. The number of carbonyl (C=O) groups is 2. The fraction of sp³-hybridized carbons (Fsp3) is 0.419. The number of benzene rings is 1. The maximum atomic E-state index is 13.7. The summed E-state index contributed by atoms with van der Waals surface area (Å²) < 4.78 is 9.04. The third kappa shape index (κ3) is 5.46. The quantitative estimate of drug-likeness (QED) is 0.266. The predicted molar refractivity (Wildman–Crippen MR) is 152 cm³/mol. The van der Waals surface area contributed by atoms with Crippen molar-refractivity contribution >= 4 is 23.3 Å². The first-order chi connectivity index (χ1) is 18.7. The van der Waals surface area contributed by atoms with Gasteiger partial charge in [-0.05, 0) is 83.1 Å². The molecule has 1 aliphatic rings. The van der Waals surface area contributed by atoms with E-state index in [4.69, 9.17) is 14.8 Å². The van der Waals surface area contributed by atoms with Gasteiger partial charge in [0.1, 0.15) is 11.2 Å². The van der Waals surface area contributed by atoms with Crippen molar-refractivity contribution < 1.29 is 14.3 Å². The molecular formula is C31H37N5O3. The van der Waals surface area contributed by atoms with Crippen LogP contribution in [0.4, 0.5) is 5.82 Å². The van der Waals surface area contributed by atoms with E-state index in [1.165, 1.54) is 5.56 Å². The standard InChI is InChI=1S/C31H37N5O3/c1-6-39-31(38)26-18-35(33-29(26)36(20(2)3)30(37)24-10-7-21(4)8-11-24)25-14-12-23(13-15-25)27-19-34-17-22(5)9-16-28(34)32-27/h9,12-21,24H,6-8,10-11H2,1-5H3. The van der Waals surface area contributed by atoms with Gasteiger partial charge in [0.15, 0.2) is 5.82 Å². The number of nitrogens with zero attached hydrogens (tertiary/aromatic N) is 5. The molecule has 8 nitrogen and oxygen atoms in total. The molecule has 1 aliphatic carbocycles. The Labute approximate surface area is 229 Å². The molecule has 0 N–H and O–H groups in total. The van der Waals surface area contributed by atoms with E-state index < -0.39 is 5.97 Å². The lowest BCUT2D eigenvalue weighted by Crippen LogP contribution is -2.43. The Balaban J connectivity index is 1.48. The Morgan fingerprint density at radius 1 is 1.03 bits per heavy atom. The van der Waals surface area contributed by atoms with Crippen molar-refractivity contribution in [1.82, 2.24) is 19.2 Å². The molecular weight excluding hydrogens is 490 g/mol. The first-order valence-electron chi connectivity index (χ1n) is 13.9. The maximum Gasteiger partial charge on any atom is 0.343 e. The molecule has 1 aromatic carbocycles. The van der Waals surface area contributed by atoms with Gasteiger partial charge in [0.2, 0.25) is 5.91 Å². The zero-order valence-corrected chi connectivity index (χ0v) is 23.4. The van der Waals surface area contributed by atoms with E-state index in [0.717, 1.165) is 48.3 Å². The number of ether oxygens (including phenoxy) is 1. The van der Waals surface area contributed by atoms with Crippen LogP contribution in [0.2, 0.25) is 0 Å². The van der Waals surface area contributed by atoms with Gasteiger partial charge in [0, 0.05) is 36.1 Å². The molecule has 0 spiro atoms. The fourth-order valence-electron chi connectivity index (χ4n) is 5.36. The molecule has 0 bridgehead atoms. The summed E-state index contributed by atoms with van der Waals surface area (Å²) in [6, 6.07) is 11.8. The van der Waals surface area contributed by atoms with Crippen LogP contribution in [0.25, 0.3) is 22.6 Å². The molecule has 0 atom stereocenters. The molecule has 1 amide bonds. The molecule has 5 rings (SSSR count). The second kappa shape index (κ2) is 11.0. The van der Waals surface area contributed by atoms with Crippen LogP contribution in [0.15, 0.2) is 55.0 Å². The summed E-state index contributed by atoms with van der Waals surface area (Å²) in [5.74, 6) is 0.490. The summed E-state index contributed by atoms with van der Waals surface area (Å²) in [5.41, 5.74) is 4.98.